The summed E-state index contributed by atoms with van der Waals surface area (Å²) in [5.41, 5.74) is 0. The van der Waals surface area contributed by atoms with Crippen LogP contribution in [0.4, 0.5) is 57.1 Å². The molecular formula is C15H13F13O9. The van der Waals surface area contributed by atoms with E-state index in [-0.39, 0.29) is 21.3 Å². The molecule has 37 heavy (non-hydrogen) atoms. The van der Waals surface area contributed by atoms with Gasteiger partial charge in [0, 0.05) is 0 Å². The Hall–Kier alpha value is -2.62. The van der Waals surface area contributed by atoms with Crippen molar-refractivity contribution < 1.29 is 99.9 Å². The molecule has 22 heteroatoms. The minimum absolute atomic E-state index is 0.0616. The Morgan fingerprint density at radius 3 is 0.973 bits per heavy atom. The van der Waals surface area contributed by atoms with Gasteiger partial charge < -0.3 is 23.7 Å². The summed E-state index contributed by atoms with van der Waals surface area (Å²) < 4.78 is 195. The van der Waals surface area contributed by atoms with Gasteiger partial charge in [0.15, 0.2) is 0 Å². The molecule has 0 bridgehead atoms. The van der Waals surface area contributed by atoms with Crippen LogP contribution in [0.25, 0.3) is 0 Å². The highest BCUT2D eigenvalue weighted by Gasteiger charge is 2.71. The summed E-state index contributed by atoms with van der Waals surface area (Å²) in [6.45, 7) is -6.56. The maximum absolute atomic E-state index is 14.8. The van der Waals surface area contributed by atoms with Crippen LogP contribution in [-0.4, -0.2) is 94.4 Å². The molecule has 0 aliphatic rings. The van der Waals surface area contributed by atoms with E-state index in [0.29, 0.717) is 0 Å². The van der Waals surface area contributed by atoms with Crippen LogP contribution in [0, 0.1) is 0 Å². The number of rotatable bonds is 14. The molecule has 0 saturated carbocycles. The normalized spacial score (nSPS) is 14.3. The Balaban J connectivity index is 6.33. The fourth-order valence-corrected chi connectivity index (χ4v) is 1.71. The fourth-order valence-electron chi connectivity index (χ4n) is 1.71. The summed E-state index contributed by atoms with van der Waals surface area (Å²) in [6.07, 6.45) is -19.2. The first-order valence-electron chi connectivity index (χ1n) is 8.51. The van der Waals surface area contributed by atoms with Crippen LogP contribution in [0.1, 0.15) is 0 Å². The highest BCUT2D eigenvalue weighted by molar-refractivity contribution is 5.79. The number of carbonyl (C=O) groups is 3. The zero-order chi connectivity index (χ0) is 29.9. The first-order chi connectivity index (χ1) is 16.3. The second kappa shape index (κ2) is 11.0. The van der Waals surface area contributed by atoms with Gasteiger partial charge in [-0.2, -0.15) is 52.7 Å². The van der Waals surface area contributed by atoms with E-state index in [1.54, 1.807) is 0 Å². The lowest BCUT2D eigenvalue weighted by Gasteiger charge is -2.34. The van der Waals surface area contributed by atoms with Crippen molar-refractivity contribution in [1.82, 2.24) is 0 Å². The number of halogens is 13. The van der Waals surface area contributed by atoms with Crippen molar-refractivity contribution >= 4 is 17.9 Å². The Morgan fingerprint density at radius 2 is 0.730 bits per heavy atom. The molecule has 0 N–H and O–H groups in total. The van der Waals surface area contributed by atoms with E-state index in [4.69, 9.17) is 0 Å². The largest absolute Gasteiger partial charge is 0.464 e. The molecule has 0 saturated heterocycles. The van der Waals surface area contributed by atoms with Crippen molar-refractivity contribution in [3.63, 3.8) is 0 Å². The molecule has 0 aromatic carbocycles. The van der Waals surface area contributed by atoms with Gasteiger partial charge in [0.25, 0.3) is 5.85 Å². The van der Waals surface area contributed by atoms with Crippen LogP contribution in [0.2, 0.25) is 0 Å². The van der Waals surface area contributed by atoms with Crippen molar-refractivity contribution in [1.29, 1.82) is 0 Å². The van der Waals surface area contributed by atoms with E-state index >= 15 is 0 Å². The maximum atomic E-state index is 14.8. The van der Waals surface area contributed by atoms with E-state index in [1.165, 1.54) is 0 Å². The summed E-state index contributed by atoms with van der Waals surface area (Å²) in [4.78, 5) is 32.3. The van der Waals surface area contributed by atoms with Crippen molar-refractivity contribution in [2.24, 2.45) is 0 Å². The molecule has 0 heterocycles. The van der Waals surface area contributed by atoms with E-state index < -0.39 is 73.1 Å². The Morgan fingerprint density at radius 1 is 0.486 bits per heavy atom. The quantitative estimate of drug-likeness (QED) is 0.173. The topological polar surface area (TPSA) is 107 Å². The van der Waals surface area contributed by atoms with E-state index in [2.05, 4.69) is 28.4 Å². The van der Waals surface area contributed by atoms with Gasteiger partial charge >= 0.3 is 54.0 Å². The van der Waals surface area contributed by atoms with Crippen LogP contribution in [0.15, 0.2) is 0 Å². The molecule has 0 aromatic heterocycles. The van der Waals surface area contributed by atoms with Crippen molar-refractivity contribution in [3.05, 3.63) is 0 Å². The van der Waals surface area contributed by atoms with Crippen LogP contribution < -0.4 is 0 Å². The Bertz CT molecular complexity index is 803. The zero-order valence-electron chi connectivity index (χ0n) is 18.0. The summed E-state index contributed by atoms with van der Waals surface area (Å²) in [6, 6.07) is 0. The molecule has 9 nitrogen and oxygen atoms in total. The Labute approximate surface area is 195 Å². The minimum atomic E-state index is -6.60. The van der Waals surface area contributed by atoms with Crippen LogP contribution in [0.3, 0.4) is 0 Å². The number of esters is 3. The molecule has 0 spiro atoms. The minimum Gasteiger partial charge on any atom is -0.464 e. The van der Waals surface area contributed by atoms with Gasteiger partial charge in [0.05, 0.1) is 21.3 Å². The zero-order valence-corrected chi connectivity index (χ0v) is 18.0. The average molecular weight is 584 g/mol. The number of carbonyl (C=O) groups excluding carboxylic acids is 3. The molecule has 0 fully saturated rings. The third kappa shape index (κ3) is 7.03. The lowest BCUT2D eigenvalue weighted by Crippen LogP contribution is -2.58. The van der Waals surface area contributed by atoms with Crippen molar-refractivity contribution in [3.8, 4) is 0 Å². The van der Waals surface area contributed by atoms with E-state index in [0.717, 1.165) is 0 Å². The molecule has 0 atom stereocenters. The first kappa shape index (κ1) is 34.4. The summed E-state index contributed by atoms with van der Waals surface area (Å²) in [5, 5.41) is 0. The van der Waals surface area contributed by atoms with Gasteiger partial charge in [0.2, 0.25) is 0 Å². The molecule has 0 rings (SSSR count). The number of ether oxygens (including phenoxy) is 6. The Kier molecular flexibility index (Phi) is 10.2. The highest BCUT2D eigenvalue weighted by atomic mass is 19.3. The molecule has 0 radical (unpaired) electrons. The number of alkyl halides is 13. The van der Waals surface area contributed by atoms with Crippen molar-refractivity contribution in [2.75, 3.05) is 34.5 Å². The van der Waals surface area contributed by atoms with Gasteiger partial charge in [-0.05, 0) is 0 Å². The van der Waals surface area contributed by atoms with Crippen LogP contribution >= 0.6 is 0 Å². The molecule has 0 amide bonds. The molecule has 0 aliphatic heterocycles. The van der Waals surface area contributed by atoms with Crippen LogP contribution in [-0.2, 0) is 42.8 Å². The predicted molar refractivity (Wildman–Crippen MR) is 82.6 cm³/mol. The third-order valence-electron chi connectivity index (χ3n) is 3.67. The monoisotopic (exact) mass is 584 g/mol. The lowest BCUT2D eigenvalue weighted by molar-refractivity contribution is -0.435. The number of hydrogen-bond acceptors (Lipinski definition) is 9. The molecule has 0 aromatic rings. The third-order valence-corrected chi connectivity index (χ3v) is 3.67. The highest BCUT2D eigenvalue weighted by Crippen LogP contribution is 2.43. The molecule has 0 unspecified atom stereocenters. The SMILES string of the molecule is COC(=O)C(F)(F)C(F)(F)OCC(F)(COC(F)(F)C(F)(F)C(=O)OC)OC(F)(F)C(F)(F)C(=O)OC. The van der Waals surface area contributed by atoms with E-state index in [1.807, 2.05) is 0 Å². The molecular weight excluding hydrogens is 571 g/mol. The number of hydrogen-bond donors (Lipinski definition) is 0. The van der Waals surface area contributed by atoms with E-state index in [9.17, 15) is 71.5 Å². The average Bonchev–Trinajstić information content (AvgIpc) is 2.79. The van der Waals surface area contributed by atoms with Crippen molar-refractivity contribution in [2.45, 2.75) is 41.9 Å². The molecule has 0 aliphatic carbocycles. The van der Waals surface area contributed by atoms with Gasteiger partial charge in [0.1, 0.15) is 13.2 Å². The maximum Gasteiger partial charge on any atom is 0.433 e. The predicted octanol–water partition coefficient (Wildman–Crippen LogP) is 2.91. The van der Waals surface area contributed by atoms with Crippen LogP contribution in [0.5, 0.6) is 0 Å². The second-order valence-electron chi connectivity index (χ2n) is 6.31. The second-order valence-corrected chi connectivity index (χ2v) is 6.31. The van der Waals surface area contributed by atoms with Gasteiger partial charge in [-0.3, -0.25) is 4.74 Å². The molecule has 218 valence electrons. The standard InChI is InChI=1S/C15H13F13O9/c1-32-6(29)10(17,18)13(23,24)35-4-9(16,37-15(27,28)12(21,22)8(31)34-3)5-36-14(25,26)11(19,20)7(30)33-2/h4-5H2,1-3H3. The summed E-state index contributed by atoms with van der Waals surface area (Å²) in [7, 11) is 0.287. The fraction of sp³-hybridized carbons (Fsp3) is 0.800. The van der Waals surface area contributed by atoms with Gasteiger partial charge in [-0.1, -0.05) is 0 Å². The number of methoxy groups -OCH3 is 3. The summed E-state index contributed by atoms with van der Waals surface area (Å²) in [5.74, 6) is -33.3. The smallest absolute Gasteiger partial charge is 0.433 e. The van der Waals surface area contributed by atoms with Gasteiger partial charge in [-0.25, -0.2) is 18.8 Å². The summed E-state index contributed by atoms with van der Waals surface area (Å²) >= 11 is 0. The lowest BCUT2D eigenvalue weighted by atomic mass is 10.2. The van der Waals surface area contributed by atoms with Gasteiger partial charge in [-0.15, -0.1) is 0 Å². The first-order valence-corrected chi connectivity index (χ1v) is 8.51.